The molecule has 0 bridgehead atoms. The molecule has 3 N–H and O–H groups in total. The number of hydrogen-bond donors (Lipinski definition) is 2. The summed E-state index contributed by atoms with van der Waals surface area (Å²) in [5, 5.41) is 2.43. The number of nitrogen functional groups attached to an aromatic ring is 1. The number of nitrogens with zero attached hydrogens (tertiary/aromatic N) is 4. The fourth-order valence-electron chi connectivity index (χ4n) is 5.26. The zero-order valence-electron chi connectivity index (χ0n) is 21.2. The summed E-state index contributed by atoms with van der Waals surface area (Å²) in [6.07, 6.45) is 4.49. The monoisotopic (exact) mass is 522 g/mol. The number of halogens is 3. The highest BCUT2D eigenvalue weighted by Crippen LogP contribution is 2.40. The van der Waals surface area contributed by atoms with Crippen LogP contribution in [-0.4, -0.2) is 25.3 Å². The van der Waals surface area contributed by atoms with Gasteiger partial charge in [0, 0.05) is 35.6 Å². The molecule has 38 heavy (non-hydrogen) atoms. The van der Waals surface area contributed by atoms with Crippen LogP contribution in [0, 0.1) is 11.8 Å². The first-order chi connectivity index (χ1) is 18.1. The Bertz CT molecular complexity index is 1450. The molecule has 7 nitrogen and oxygen atoms in total. The molecular formula is C28H29F3N6O. The lowest BCUT2D eigenvalue weighted by atomic mass is 9.77. The van der Waals surface area contributed by atoms with Crippen molar-refractivity contribution in [1.82, 2.24) is 19.4 Å². The molecule has 0 aliphatic heterocycles. The van der Waals surface area contributed by atoms with Crippen molar-refractivity contribution in [2.24, 2.45) is 11.8 Å². The summed E-state index contributed by atoms with van der Waals surface area (Å²) in [6.45, 7) is 4.56. The highest BCUT2D eigenvalue weighted by Gasteiger charge is 2.31. The Hall–Kier alpha value is -3.95. The maximum Gasteiger partial charge on any atom is 0.416 e. The molecule has 1 fully saturated rings. The molecule has 0 atom stereocenters. The van der Waals surface area contributed by atoms with Crippen LogP contribution in [0.25, 0.3) is 16.8 Å². The van der Waals surface area contributed by atoms with Gasteiger partial charge < -0.3 is 11.1 Å². The maximum absolute atomic E-state index is 13.0. The smallest absolute Gasteiger partial charge is 0.382 e. The summed E-state index contributed by atoms with van der Waals surface area (Å²) < 4.78 is 41.0. The van der Waals surface area contributed by atoms with Crippen molar-refractivity contribution in [2.75, 3.05) is 11.1 Å². The topological polar surface area (TPSA) is 98.2 Å². The molecule has 0 unspecified atom stereocenters. The van der Waals surface area contributed by atoms with Crippen molar-refractivity contribution in [3.63, 3.8) is 0 Å². The zero-order valence-corrected chi connectivity index (χ0v) is 21.2. The van der Waals surface area contributed by atoms with Gasteiger partial charge in [-0.25, -0.2) is 15.0 Å². The van der Waals surface area contributed by atoms with Gasteiger partial charge in [-0.2, -0.15) is 13.2 Å². The molecule has 0 radical (unpaired) electrons. The average molecular weight is 523 g/mol. The van der Waals surface area contributed by atoms with Crippen molar-refractivity contribution >= 4 is 23.1 Å². The van der Waals surface area contributed by atoms with Crippen LogP contribution < -0.4 is 11.1 Å². The Kier molecular flexibility index (Phi) is 6.81. The van der Waals surface area contributed by atoms with E-state index in [2.05, 4.69) is 29.1 Å². The Morgan fingerprint density at radius 1 is 1.05 bits per heavy atom. The normalized spacial score (nSPS) is 18.2. The molecule has 1 amide bonds. The van der Waals surface area contributed by atoms with E-state index in [0.717, 1.165) is 66.8 Å². The van der Waals surface area contributed by atoms with Crippen LogP contribution in [0.1, 0.15) is 67.2 Å². The van der Waals surface area contributed by atoms with Crippen molar-refractivity contribution in [3.8, 4) is 11.3 Å². The molecule has 4 aromatic rings. The highest BCUT2D eigenvalue weighted by atomic mass is 19.4. The molecule has 3 heterocycles. The number of amides is 1. The lowest BCUT2D eigenvalue weighted by molar-refractivity contribution is -0.137. The zero-order chi connectivity index (χ0) is 27.0. The van der Waals surface area contributed by atoms with E-state index in [1.165, 1.54) is 0 Å². The highest BCUT2D eigenvalue weighted by molar-refractivity contribution is 6.04. The Balaban J connectivity index is 1.40. The van der Waals surface area contributed by atoms with E-state index in [1.54, 1.807) is 30.5 Å². The molecule has 1 saturated carbocycles. The minimum absolute atomic E-state index is 0.176. The molecule has 1 aromatic carbocycles. The lowest BCUT2D eigenvalue weighted by Crippen LogP contribution is -2.19. The Labute approximate surface area is 218 Å². The van der Waals surface area contributed by atoms with Gasteiger partial charge in [0.05, 0.1) is 5.56 Å². The van der Waals surface area contributed by atoms with Crippen molar-refractivity contribution in [3.05, 3.63) is 71.9 Å². The summed E-state index contributed by atoms with van der Waals surface area (Å²) in [4.78, 5) is 25.8. The number of nitrogens with one attached hydrogen (secondary N) is 1. The van der Waals surface area contributed by atoms with E-state index in [9.17, 15) is 18.0 Å². The first kappa shape index (κ1) is 25.7. The molecule has 3 aromatic heterocycles. The summed E-state index contributed by atoms with van der Waals surface area (Å²) in [6, 6.07) is 8.36. The van der Waals surface area contributed by atoms with Crippen molar-refractivity contribution in [2.45, 2.75) is 51.6 Å². The van der Waals surface area contributed by atoms with Crippen LogP contribution in [0.4, 0.5) is 24.8 Å². The first-order valence-corrected chi connectivity index (χ1v) is 12.7. The van der Waals surface area contributed by atoms with E-state index in [4.69, 9.17) is 10.7 Å². The first-order valence-electron chi connectivity index (χ1n) is 12.7. The van der Waals surface area contributed by atoms with E-state index in [1.807, 2.05) is 10.6 Å². The van der Waals surface area contributed by atoms with Gasteiger partial charge in [0.25, 0.3) is 5.91 Å². The number of benzene rings is 1. The maximum atomic E-state index is 13.0. The quantitative estimate of drug-likeness (QED) is 0.309. The summed E-state index contributed by atoms with van der Waals surface area (Å²) in [5.74, 6) is 2.31. The third-order valence-corrected chi connectivity index (χ3v) is 7.44. The van der Waals surface area contributed by atoms with Gasteiger partial charge in [-0.15, -0.1) is 0 Å². The number of rotatable bonds is 5. The van der Waals surface area contributed by atoms with Gasteiger partial charge in [-0.3, -0.25) is 9.20 Å². The van der Waals surface area contributed by atoms with Crippen molar-refractivity contribution < 1.29 is 18.0 Å². The van der Waals surface area contributed by atoms with Crippen LogP contribution in [0.15, 0.2) is 55.0 Å². The van der Waals surface area contributed by atoms with E-state index in [0.29, 0.717) is 23.3 Å². The molecule has 198 valence electrons. The van der Waals surface area contributed by atoms with Gasteiger partial charge in [-0.1, -0.05) is 26.0 Å². The van der Waals surface area contributed by atoms with Gasteiger partial charge in [0.15, 0.2) is 0 Å². The van der Waals surface area contributed by atoms with Gasteiger partial charge in [0.1, 0.15) is 28.7 Å². The summed E-state index contributed by atoms with van der Waals surface area (Å²) in [5.41, 5.74) is 7.84. The number of fused-ring (bicyclic) bond motifs is 1. The van der Waals surface area contributed by atoms with Crippen LogP contribution in [0.5, 0.6) is 0 Å². The fourth-order valence-corrected chi connectivity index (χ4v) is 5.26. The second kappa shape index (κ2) is 10.1. The van der Waals surface area contributed by atoms with E-state index >= 15 is 0 Å². The van der Waals surface area contributed by atoms with Gasteiger partial charge in [0.2, 0.25) is 0 Å². The van der Waals surface area contributed by atoms with Crippen LogP contribution in [-0.2, 0) is 6.18 Å². The third kappa shape index (κ3) is 5.07. The van der Waals surface area contributed by atoms with E-state index in [-0.39, 0.29) is 11.4 Å². The molecule has 10 heteroatoms. The molecular weight excluding hydrogens is 493 g/mol. The number of alkyl halides is 3. The molecule has 1 aliphatic rings. The van der Waals surface area contributed by atoms with Crippen molar-refractivity contribution in [1.29, 1.82) is 0 Å². The molecule has 5 rings (SSSR count). The second-order valence-electron chi connectivity index (χ2n) is 10.2. The second-order valence-corrected chi connectivity index (χ2v) is 10.2. The Morgan fingerprint density at radius 3 is 2.42 bits per heavy atom. The minimum atomic E-state index is -4.53. The fraction of sp³-hybridized carbons (Fsp3) is 0.357. The van der Waals surface area contributed by atoms with Crippen LogP contribution in [0.3, 0.4) is 0 Å². The summed E-state index contributed by atoms with van der Waals surface area (Å²) >= 11 is 0. The molecule has 1 aliphatic carbocycles. The SMILES string of the molecule is CC(C)C1CCC(c2nc(-c3ccc(C(=O)Nc4cc(C(F)(F)F)ccn4)cc3)c3c(N)nccn23)CC1. The number of carbonyl (C=O) groups excluding carboxylic acids is 1. The number of carbonyl (C=O) groups is 1. The van der Waals surface area contributed by atoms with Gasteiger partial charge >= 0.3 is 6.18 Å². The number of nitrogens with two attached hydrogens (primary N) is 1. The summed E-state index contributed by atoms with van der Waals surface area (Å²) in [7, 11) is 0. The van der Waals surface area contributed by atoms with E-state index < -0.39 is 17.6 Å². The number of anilines is 2. The number of hydrogen-bond acceptors (Lipinski definition) is 5. The third-order valence-electron chi connectivity index (χ3n) is 7.44. The number of pyridine rings is 1. The number of imidazole rings is 1. The number of aromatic nitrogens is 4. The predicted octanol–water partition coefficient (Wildman–Crippen LogP) is 6.57. The Morgan fingerprint density at radius 2 is 1.76 bits per heavy atom. The predicted molar refractivity (Wildman–Crippen MR) is 140 cm³/mol. The minimum Gasteiger partial charge on any atom is -0.382 e. The largest absolute Gasteiger partial charge is 0.416 e. The van der Waals surface area contributed by atoms with Gasteiger partial charge in [-0.05, 0) is 61.8 Å². The molecule has 0 saturated heterocycles. The lowest BCUT2D eigenvalue weighted by Gasteiger charge is -2.30. The standard InChI is InChI=1S/C28H29F3N6O/c1-16(2)17-3-7-19(8-4-17)26-36-23(24-25(32)34-13-14-37(24)26)18-5-9-20(10-6-18)27(38)35-22-15-21(11-12-33-22)28(29,30)31/h5-6,9-17,19H,3-4,7-8H2,1-2H3,(H2,32,34)(H,33,35,38). The van der Waals surface area contributed by atoms with Crippen LogP contribution >= 0.6 is 0 Å². The average Bonchev–Trinajstić information content (AvgIpc) is 3.29. The molecule has 0 spiro atoms. The van der Waals surface area contributed by atoms with Crippen LogP contribution in [0.2, 0.25) is 0 Å².